The lowest BCUT2D eigenvalue weighted by molar-refractivity contribution is -0.136. The summed E-state index contributed by atoms with van der Waals surface area (Å²) in [5, 5.41) is 9.10. The van der Waals surface area contributed by atoms with E-state index < -0.39 is 17.7 Å². The van der Waals surface area contributed by atoms with E-state index in [4.69, 9.17) is 4.74 Å². The topological polar surface area (TPSA) is 109 Å². The van der Waals surface area contributed by atoms with E-state index in [1.165, 1.54) is 6.21 Å². The molecule has 0 fully saturated rings. The highest BCUT2D eigenvalue weighted by molar-refractivity contribution is 6.40. The summed E-state index contributed by atoms with van der Waals surface area (Å²) >= 11 is 0. The third-order valence-electron chi connectivity index (χ3n) is 5.41. The first-order valence-electron chi connectivity index (χ1n) is 11.9. The first-order chi connectivity index (χ1) is 18.5. The number of aryl methyl sites for hydroxylation is 1. The molecule has 190 valence electrons. The smallest absolute Gasteiger partial charge is 0.329 e. The Bertz CT molecular complexity index is 1450. The zero-order chi connectivity index (χ0) is 26.7. The Kier molecular flexibility index (Phi) is 8.60. The van der Waals surface area contributed by atoms with E-state index in [0.717, 1.165) is 11.1 Å². The molecule has 0 aliphatic carbocycles. The average molecular weight is 507 g/mol. The summed E-state index contributed by atoms with van der Waals surface area (Å²) in [4.78, 5) is 37.5. The quantitative estimate of drug-likeness (QED) is 0.179. The van der Waals surface area contributed by atoms with Gasteiger partial charge in [0.1, 0.15) is 12.4 Å². The summed E-state index contributed by atoms with van der Waals surface area (Å²) in [6, 6.07) is 30.7. The molecule has 0 unspecified atom stereocenters. The number of rotatable bonds is 8. The number of carbonyl (C=O) groups is 3. The molecule has 0 aliphatic rings. The number of hydrogen-bond acceptors (Lipinski definition) is 5. The molecule has 8 nitrogen and oxygen atoms in total. The van der Waals surface area contributed by atoms with Gasteiger partial charge in [-0.3, -0.25) is 14.4 Å². The fourth-order valence-corrected chi connectivity index (χ4v) is 3.50. The number of hydrogen-bond donors (Lipinski definition) is 3. The van der Waals surface area contributed by atoms with E-state index in [1.807, 2.05) is 55.5 Å². The molecule has 0 atom stereocenters. The maximum absolute atomic E-state index is 12.8. The Morgan fingerprint density at radius 3 is 2.29 bits per heavy atom. The van der Waals surface area contributed by atoms with Crippen LogP contribution in [0, 0.1) is 6.92 Å². The zero-order valence-electron chi connectivity index (χ0n) is 20.7. The molecule has 3 N–H and O–H groups in total. The Morgan fingerprint density at radius 2 is 1.53 bits per heavy atom. The largest absolute Gasteiger partial charge is 0.489 e. The Hall–Kier alpha value is -5.24. The lowest BCUT2D eigenvalue weighted by Gasteiger charge is -2.11. The van der Waals surface area contributed by atoms with Crippen molar-refractivity contribution in [2.45, 2.75) is 13.5 Å². The highest BCUT2D eigenvalue weighted by Crippen LogP contribution is 2.18. The van der Waals surface area contributed by atoms with Crippen molar-refractivity contribution in [2.24, 2.45) is 5.10 Å². The minimum Gasteiger partial charge on any atom is -0.489 e. The number of ether oxygens (including phenoxy) is 1. The van der Waals surface area contributed by atoms with Gasteiger partial charge in [0.2, 0.25) is 0 Å². The van der Waals surface area contributed by atoms with Gasteiger partial charge in [-0.15, -0.1) is 0 Å². The van der Waals surface area contributed by atoms with Crippen molar-refractivity contribution in [3.8, 4) is 5.75 Å². The van der Waals surface area contributed by atoms with Gasteiger partial charge in [-0.25, -0.2) is 5.43 Å². The number of nitrogens with one attached hydrogen (secondary N) is 3. The van der Waals surface area contributed by atoms with Gasteiger partial charge in [0.15, 0.2) is 0 Å². The van der Waals surface area contributed by atoms with E-state index in [1.54, 1.807) is 54.6 Å². The van der Waals surface area contributed by atoms with Crippen LogP contribution in [0.15, 0.2) is 108 Å². The van der Waals surface area contributed by atoms with Crippen LogP contribution >= 0.6 is 0 Å². The number of anilines is 2. The summed E-state index contributed by atoms with van der Waals surface area (Å²) < 4.78 is 5.75. The second kappa shape index (κ2) is 12.6. The predicted octanol–water partition coefficient (Wildman–Crippen LogP) is 4.92. The standard InChI is InChI=1S/C30H26N4O4/c1-21-8-7-11-24(18-21)32-28(35)26-12-5-6-13-27(26)33-29(36)30(37)34-31-19-22-14-16-25(17-15-22)38-20-23-9-3-2-4-10-23/h2-19H,20H2,1H3,(H,32,35)(H,33,36)(H,34,37). The molecular formula is C30H26N4O4. The summed E-state index contributed by atoms with van der Waals surface area (Å²) in [7, 11) is 0. The molecule has 0 bridgehead atoms. The van der Waals surface area contributed by atoms with Crippen LogP contribution in [-0.2, 0) is 16.2 Å². The van der Waals surface area contributed by atoms with Gasteiger partial charge >= 0.3 is 11.8 Å². The molecule has 0 saturated heterocycles. The lowest BCUT2D eigenvalue weighted by atomic mass is 10.1. The van der Waals surface area contributed by atoms with Crippen LogP contribution < -0.4 is 20.8 Å². The third kappa shape index (κ3) is 7.38. The maximum atomic E-state index is 12.8. The second-order valence-corrected chi connectivity index (χ2v) is 8.37. The van der Waals surface area contributed by atoms with Crippen LogP contribution in [0.2, 0.25) is 0 Å². The highest BCUT2D eigenvalue weighted by atomic mass is 16.5. The monoisotopic (exact) mass is 506 g/mol. The van der Waals surface area contributed by atoms with Crippen molar-refractivity contribution < 1.29 is 19.1 Å². The summed E-state index contributed by atoms with van der Waals surface area (Å²) in [5.74, 6) is -1.65. The molecule has 0 heterocycles. The van der Waals surface area contributed by atoms with Crippen molar-refractivity contribution in [3.63, 3.8) is 0 Å². The Labute approximate surface area is 220 Å². The molecule has 38 heavy (non-hydrogen) atoms. The summed E-state index contributed by atoms with van der Waals surface area (Å²) in [5.41, 5.74) is 6.00. The number of amides is 3. The molecule has 0 aromatic heterocycles. The molecule has 4 rings (SSSR count). The number of carbonyl (C=O) groups excluding carboxylic acids is 3. The van der Waals surface area contributed by atoms with Crippen LogP contribution in [-0.4, -0.2) is 23.9 Å². The van der Waals surface area contributed by atoms with Crippen molar-refractivity contribution in [1.29, 1.82) is 0 Å². The molecule has 0 radical (unpaired) electrons. The zero-order valence-corrected chi connectivity index (χ0v) is 20.7. The number of nitrogens with zero attached hydrogens (tertiary/aromatic N) is 1. The average Bonchev–Trinajstić information content (AvgIpc) is 2.93. The normalized spacial score (nSPS) is 10.6. The van der Waals surface area contributed by atoms with Crippen LogP contribution in [0.4, 0.5) is 11.4 Å². The van der Waals surface area contributed by atoms with E-state index >= 15 is 0 Å². The van der Waals surface area contributed by atoms with Crippen molar-refractivity contribution in [2.75, 3.05) is 10.6 Å². The van der Waals surface area contributed by atoms with E-state index in [2.05, 4.69) is 21.2 Å². The molecule has 3 amide bonds. The van der Waals surface area contributed by atoms with Crippen LogP contribution in [0.3, 0.4) is 0 Å². The minimum absolute atomic E-state index is 0.202. The fourth-order valence-electron chi connectivity index (χ4n) is 3.50. The minimum atomic E-state index is -0.974. The number of para-hydroxylation sites is 1. The molecule has 0 saturated carbocycles. The molecule has 0 spiro atoms. The van der Waals surface area contributed by atoms with Crippen molar-refractivity contribution >= 4 is 35.3 Å². The number of hydrazone groups is 1. The van der Waals surface area contributed by atoms with Crippen LogP contribution in [0.1, 0.15) is 27.0 Å². The molecule has 8 heteroatoms. The molecule has 4 aromatic rings. The van der Waals surface area contributed by atoms with Gasteiger partial charge in [-0.2, -0.15) is 5.10 Å². The number of benzene rings is 4. The molecule has 0 aliphatic heterocycles. The van der Waals surface area contributed by atoms with Gasteiger partial charge in [0.05, 0.1) is 17.5 Å². The maximum Gasteiger partial charge on any atom is 0.329 e. The van der Waals surface area contributed by atoms with E-state index in [0.29, 0.717) is 23.6 Å². The Balaban J connectivity index is 1.29. The fraction of sp³-hybridized carbons (Fsp3) is 0.0667. The van der Waals surface area contributed by atoms with Gasteiger partial charge < -0.3 is 15.4 Å². The SMILES string of the molecule is Cc1cccc(NC(=O)c2ccccc2NC(=O)C(=O)NN=Cc2ccc(OCc3ccccc3)cc2)c1. The lowest BCUT2D eigenvalue weighted by Crippen LogP contribution is -2.33. The molecular weight excluding hydrogens is 480 g/mol. The molecule has 4 aromatic carbocycles. The second-order valence-electron chi connectivity index (χ2n) is 8.37. The third-order valence-corrected chi connectivity index (χ3v) is 5.41. The van der Waals surface area contributed by atoms with E-state index in [-0.39, 0.29) is 11.3 Å². The van der Waals surface area contributed by atoms with Gasteiger partial charge in [-0.1, -0.05) is 54.6 Å². The first kappa shape index (κ1) is 25.8. The summed E-state index contributed by atoms with van der Waals surface area (Å²) in [6.07, 6.45) is 1.41. The van der Waals surface area contributed by atoms with E-state index in [9.17, 15) is 14.4 Å². The van der Waals surface area contributed by atoms with Gasteiger partial charge in [-0.05, 0) is 72.1 Å². The van der Waals surface area contributed by atoms with Crippen molar-refractivity contribution in [1.82, 2.24) is 5.43 Å². The Morgan fingerprint density at radius 1 is 0.789 bits per heavy atom. The summed E-state index contributed by atoms with van der Waals surface area (Å²) in [6.45, 7) is 2.37. The predicted molar refractivity (Wildman–Crippen MR) is 147 cm³/mol. The van der Waals surface area contributed by atoms with Gasteiger partial charge in [0, 0.05) is 5.69 Å². The highest BCUT2D eigenvalue weighted by Gasteiger charge is 2.17. The van der Waals surface area contributed by atoms with Gasteiger partial charge in [0.25, 0.3) is 5.91 Å². The van der Waals surface area contributed by atoms with Crippen molar-refractivity contribution in [3.05, 3.63) is 125 Å². The first-order valence-corrected chi connectivity index (χ1v) is 11.9. The van der Waals surface area contributed by atoms with Crippen LogP contribution in [0.25, 0.3) is 0 Å². The van der Waals surface area contributed by atoms with Crippen LogP contribution in [0.5, 0.6) is 5.75 Å².